The van der Waals surface area contributed by atoms with Gasteiger partial charge in [-0.2, -0.15) is 14.1 Å². The van der Waals surface area contributed by atoms with Gasteiger partial charge < -0.3 is 19.8 Å². The van der Waals surface area contributed by atoms with Crippen LogP contribution in [0.4, 0.5) is 5.69 Å². The van der Waals surface area contributed by atoms with Crippen LogP contribution >= 0.6 is 11.6 Å². The number of hydrogen-bond donors (Lipinski definition) is 2. The average molecular weight is 501 g/mol. The average Bonchev–Trinajstić information content (AvgIpc) is 2.79. The van der Waals surface area contributed by atoms with Gasteiger partial charge in [0.05, 0.1) is 36.5 Å². The van der Waals surface area contributed by atoms with Crippen LogP contribution < -0.4 is 15.2 Å². The molecule has 0 amide bonds. The van der Waals surface area contributed by atoms with Crippen molar-refractivity contribution in [1.29, 1.82) is 0 Å². The summed E-state index contributed by atoms with van der Waals surface area (Å²) in [4.78, 5) is 15.2. The molecule has 10 nitrogen and oxygen atoms in total. The predicted octanol–water partition coefficient (Wildman–Crippen LogP) is 0.868. The molecule has 33 heavy (non-hydrogen) atoms. The van der Waals surface area contributed by atoms with Crippen LogP contribution in [0.25, 0.3) is 5.69 Å². The number of aliphatic hydroxyl groups excluding tert-OH is 2. The van der Waals surface area contributed by atoms with Gasteiger partial charge in [0.15, 0.2) is 0 Å². The van der Waals surface area contributed by atoms with Crippen LogP contribution in [0.1, 0.15) is 20.3 Å². The van der Waals surface area contributed by atoms with Crippen LogP contribution in [0.5, 0.6) is 5.75 Å². The third kappa shape index (κ3) is 5.85. The summed E-state index contributed by atoms with van der Waals surface area (Å²) in [7, 11) is -3.37. The minimum Gasteiger partial charge on any atom is -0.486 e. The number of halogens is 1. The summed E-state index contributed by atoms with van der Waals surface area (Å²) in [5, 5.41) is 22.9. The lowest BCUT2D eigenvalue weighted by atomic mass is 10.2. The van der Waals surface area contributed by atoms with Gasteiger partial charge in [0.25, 0.3) is 0 Å². The number of piperazine rings is 1. The number of anilines is 1. The second-order valence-electron chi connectivity index (χ2n) is 8.01. The topological polar surface area (TPSA) is 125 Å². The first-order valence-electron chi connectivity index (χ1n) is 10.7. The molecule has 2 aromatic rings. The molecule has 3 rings (SSSR count). The van der Waals surface area contributed by atoms with Gasteiger partial charge in [-0.3, -0.25) is 4.79 Å². The van der Waals surface area contributed by atoms with Gasteiger partial charge in [-0.05, 0) is 32.0 Å². The Morgan fingerprint density at radius 3 is 2.52 bits per heavy atom. The van der Waals surface area contributed by atoms with E-state index in [2.05, 4.69) is 5.10 Å². The van der Waals surface area contributed by atoms with E-state index >= 15 is 0 Å². The number of ether oxygens (including phenoxy) is 1. The van der Waals surface area contributed by atoms with E-state index in [-0.39, 0.29) is 31.9 Å². The zero-order chi connectivity index (χ0) is 24.2. The molecule has 1 saturated heterocycles. The predicted molar refractivity (Wildman–Crippen MR) is 126 cm³/mol. The first kappa shape index (κ1) is 25.4. The number of benzene rings is 1. The standard InChI is InChI=1S/C21H29ClN4O6S/c1-15(2)33(30,31)25-9-7-24(8-10-25)19-13-23-26(17-5-3-4-16(22)12-17)21(29)20(19)32-11-6-18(28)14-27/h3-5,12-13,15,18,27-28H,6-11,14H2,1-2H3/t18-/m0/s1. The molecule has 0 bridgehead atoms. The SMILES string of the molecule is CC(C)S(=O)(=O)N1CCN(c2cnn(-c3cccc(Cl)c3)c(=O)c2OCC[C@H](O)CO)CC1. The summed E-state index contributed by atoms with van der Waals surface area (Å²) in [6.07, 6.45) is 0.678. The van der Waals surface area contributed by atoms with Crippen LogP contribution in [0.3, 0.4) is 0 Å². The quantitative estimate of drug-likeness (QED) is 0.519. The Bertz CT molecular complexity index is 1120. The van der Waals surface area contributed by atoms with Gasteiger partial charge >= 0.3 is 5.56 Å². The maximum absolute atomic E-state index is 13.3. The Kier molecular flexibility index (Phi) is 8.35. The third-order valence-electron chi connectivity index (χ3n) is 5.41. The van der Waals surface area contributed by atoms with Crippen LogP contribution in [0, 0.1) is 0 Å². The Hall–Kier alpha value is -2.18. The van der Waals surface area contributed by atoms with Gasteiger partial charge in [-0.15, -0.1) is 0 Å². The Morgan fingerprint density at radius 1 is 1.21 bits per heavy atom. The van der Waals surface area contributed by atoms with Gasteiger partial charge in [0.1, 0.15) is 5.69 Å². The number of hydrogen-bond acceptors (Lipinski definition) is 8. The molecule has 0 aliphatic carbocycles. The van der Waals surface area contributed by atoms with E-state index < -0.39 is 33.5 Å². The monoisotopic (exact) mass is 500 g/mol. The van der Waals surface area contributed by atoms with E-state index in [1.54, 1.807) is 38.1 Å². The fourth-order valence-electron chi connectivity index (χ4n) is 3.45. The molecule has 2 heterocycles. The first-order chi connectivity index (χ1) is 15.6. The van der Waals surface area contributed by atoms with Crippen molar-refractivity contribution in [3.05, 3.63) is 45.8 Å². The largest absolute Gasteiger partial charge is 0.486 e. The highest BCUT2D eigenvalue weighted by atomic mass is 35.5. The van der Waals surface area contributed by atoms with E-state index in [0.29, 0.717) is 29.5 Å². The minimum absolute atomic E-state index is 0.00518. The van der Waals surface area contributed by atoms with Crippen molar-refractivity contribution in [2.45, 2.75) is 31.6 Å². The molecule has 0 unspecified atom stereocenters. The second kappa shape index (κ2) is 10.8. The molecule has 0 saturated carbocycles. The summed E-state index contributed by atoms with van der Waals surface area (Å²) < 4.78 is 33.3. The number of nitrogens with zero attached hydrogens (tertiary/aromatic N) is 4. The first-order valence-corrected chi connectivity index (χ1v) is 12.6. The highest BCUT2D eigenvalue weighted by Crippen LogP contribution is 2.27. The van der Waals surface area contributed by atoms with Crippen molar-refractivity contribution in [3.63, 3.8) is 0 Å². The molecule has 0 radical (unpaired) electrons. The van der Waals surface area contributed by atoms with E-state index in [0.717, 1.165) is 0 Å². The molecule has 182 valence electrons. The highest BCUT2D eigenvalue weighted by molar-refractivity contribution is 7.89. The Morgan fingerprint density at radius 2 is 1.91 bits per heavy atom. The molecule has 1 aromatic heterocycles. The summed E-state index contributed by atoms with van der Waals surface area (Å²) in [6.45, 7) is 4.17. The normalized spacial score (nSPS) is 16.2. The van der Waals surface area contributed by atoms with E-state index in [9.17, 15) is 18.3 Å². The van der Waals surface area contributed by atoms with E-state index in [1.165, 1.54) is 15.2 Å². The van der Waals surface area contributed by atoms with Crippen molar-refractivity contribution in [1.82, 2.24) is 14.1 Å². The summed E-state index contributed by atoms with van der Waals surface area (Å²) in [6, 6.07) is 6.67. The molecule has 1 aliphatic rings. The number of rotatable bonds is 9. The lowest BCUT2D eigenvalue weighted by molar-refractivity contribution is 0.0752. The van der Waals surface area contributed by atoms with Gasteiger partial charge in [-0.1, -0.05) is 17.7 Å². The van der Waals surface area contributed by atoms with Crippen LogP contribution in [0.2, 0.25) is 5.02 Å². The number of aromatic nitrogens is 2. The fourth-order valence-corrected chi connectivity index (χ4v) is 4.90. The van der Waals surface area contributed by atoms with Crippen LogP contribution in [0.15, 0.2) is 35.3 Å². The third-order valence-corrected chi connectivity index (χ3v) is 7.92. The molecule has 12 heteroatoms. The van der Waals surface area contributed by atoms with Gasteiger partial charge in [-0.25, -0.2) is 8.42 Å². The molecule has 0 spiro atoms. The molecule has 1 atom stereocenters. The van der Waals surface area contributed by atoms with Crippen molar-refractivity contribution in [3.8, 4) is 11.4 Å². The lowest BCUT2D eigenvalue weighted by Gasteiger charge is -2.36. The maximum atomic E-state index is 13.3. The Balaban J connectivity index is 1.90. The van der Waals surface area contributed by atoms with Crippen LogP contribution in [-0.4, -0.2) is 83.5 Å². The molecule has 1 fully saturated rings. The van der Waals surface area contributed by atoms with Gasteiger partial charge in [0.2, 0.25) is 15.8 Å². The summed E-state index contributed by atoms with van der Waals surface area (Å²) in [5.41, 5.74) is 0.399. The summed E-state index contributed by atoms with van der Waals surface area (Å²) >= 11 is 6.06. The fraction of sp³-hybridized carbons (Fsp3) is 0.524. The second-order valence-corrected chi connectivity index (χ2v) is 10.9. The highest BCUT2D eigenvalue weighted by Gasteiger charge is 2.31. The van der Waals surface area contributed by atoms with Crippen molar-refractivity contribution in [2.24, 2.45) is 0 Å². The molecule has 1 aliphatic heterocycles. The maximum Gasteiger partial charge on any atom is 0.316 e. The van der Waals surface area contributed by atoms with E-state index in [4.69, 9.17) is 21.4 Å². The molecule has 1 aromatic carbocycles. The van der Waals surface area contributed by atoms with Crippen molar-refractivity contribution >= 4 is 27.3 Å². The zero-order valence-corrected chi connectivity index (χ0v) is 20.2. The van der Waals surface area contributed by atoms with E-state index in [1.807, 2.05) is 4.90 Å². The van der Waals surface area contributed by atoms with Gasteiger partial charge in [0, 0.05) is 37.6 Å². The number of aliphatic hydroxyl groups is 2. The smallest absolute Gasteiger partial charge is 0.316 e. The summed E-state index contributed by atoms with van der Waals surface area (Å²) in [5.74, 6) is 0.0373. The Labute approximate surface area is 198 Å². The molecular weight excluding hydrogens is 472 g/mol. The van der Waals surface area contributed by atoms with Crippen molar-refractivity contribution in [2.75, 3.05) is 44.3 Å². The van der Waals surface area contributed by atoms with Crippen LogP contribution in [-0.2, 0) is 10.0 Å². The zero-order valence-electron chi connectivity index (χ0n) is 18.6. The molecular formula is C21H29ClN4O6S. The lowest BCUT2D eigenvalue weighted by Crippen LogP contribution is -2.50. The number of sulfonamides is 1. The minimum atomic E-state index is -3.37. The molecule has 2 N–H and O–H groups in total. The van der Waals surface area contributed by atoms with Crippen molar-refractivity contribution < 1.29 is 23.4 Å².